The summed E-state index contributed by atoms with van der Waals surface area (Å²) in [7, 11) is 1.70. The maximum Gasteiger partial charge on any atom is 0.228 e. The number of rotatable bonds is 4. The monoisotopic (exact) mass is 232 g/mol. The Morgan fingerprint density at radius 2 is 2.35 bits per heavy atom. The molecule has 1 amide bonds. The van der Waals surface area contributed by atoms with Gasteiger partial charge in [-0.05, 0) is 22.6 Å². The summed E-state index contributed by atoms with van der Waals surface area (Å²) in [6, 6.07) is 5.56. The Morgan fingerprint density at radius 1 is 1.47 bits per heavy atom. The molecule has 0 aliphatic rings. The molecule has 0 aliphatic carbocycles. The van der Waals surface area contributed by atoms with Gasteiger partial charge in [-0.3, -0.25) is 9.78 Å². The van der Waals surface area contributed by atoms with Crippen molar-refractivity contribution in [2.45, 2.75) is 13.0 Å². The Labute approximate surface area is 97.9 Å². The average Bonchev–Trinajstić information content (AvgIpc) is 2.74. The highest BCUT2D eigenvalue weighted by Gasteiger charge is 2.08. The SMILES string of the molecule is Cn1nnnc1CC(=O)NCc1ccccn1. The highest BCUT2D eigenvalue weighted by atomic mass is 16.1. The van der Waals surface area contributed by atoms with E-state index in [4.69, 9.17) is 0 Å². The molecule has 0 aromatic carbocycles. The van der Waals surface area contributed by atoms with E-state index >= 15 is 0 Å². The van der Waals surface area contributed by atoms with Gasteiger partial charge in [-0.2, -0.15) is 0 Å². The molecule has 7 nitrogen and oxygen atoms in total. The lowest BCUT2D eigenvalue weighted by Gasteiger charge is -2.03. The minimum absolute atomic E-state index is 0.131. The molecule has 2 heterocycles. The van der Waals surface area contributed by atoms with Gasteiger partial charge in [-0.15, -0.1) is 5.10 Å². The second kappa shape index (κ2) is 5.15. The van der Waals surface area contributed by atoms with Crippen LogP contribution in [0.4, 0.5) is 0 Å². The van der Waals surface area contributed by atoms with E-state index in [1.54, 1.807) is 13.2 Å². The number of nitrogens with one attached hydrogen (secondary N) is 1. The number of hydrogen-bond donors (Lipinski definition) is 1. The molecule has 0 unspecified atom stereocenters. The van der Waals surface area contributed by atoms with Crippen molar-refractivity contribution in [3.05, 3.63) is 35.9 Å². The molecule has 2 aromatic rings. The maximum absolute atomic E-state index is 11.6. The van der Waals surface area contributed by atoms with Gasteiger partial charge in [0.1, 0.15) is 0 Å². The molecule has 2 aromatic heterocycles. The van der Waals surface area contributed by atoms with E-state index in [-0.39, 0.29) is 12.3 Å². The van der Waals surface area contributed by atoms with E-state index in [0.29, 0.717) is 12.4 Å². The van der Waals surface area contributed by atoms with E-state index in [2.05, 4.69) is 25.8 Å². The van der Waals surface area contributed by atoms with Crippen molar-refractivity contribution >= 4 is 5.91 Å². The van der Waals surface area contributed by atoms with Crippen molar-refractivity contribution in [1.29, 1.82) is 0 Å². The predicted octanol–water partition coefficient (Wildman–Crippen LogP) is -0.536. The molecule has 2 rings (SSSR count). The normalized spacial score (nSPS) is 10.2. The molecule has 0 fully saturated rings. The summed E-state index contributed by atoms with van der Waals surface area (Å²) in [6.45, 7) is 0.408. The van der Waals surface area contributed by atoms with Crippen LogP contribution in [0.1, 0.15) is 11.5 Å². The highest BCUT2D eigenvalue weighted by Crippen LogP contribution is 1.94. The van der Waals surface area contributed by atoms with Gasteiger partial charge >= 0.3 is 0 Å². The van der Waals surface area contributed by atoms with Crippen LogP contribution in [0.5, 0.6) is 0 Å². The minimum Gasteiger partial charge on any atom is -0.350 e. The van der Waals surface area contributed by atoms with Crippen molar-refractivity contribution in [2.24, 2.45) is 7.05 Å². The van der Waals surface area contributed by atoms with E-state index in [1.165, 1.54) is 4.68 Å². The molecule has 0 bridgehead atoms. The number of tetrazole rings is 1. The van der Waals surface area contributed by atoms with Crippen molar-refractivity contribution < 1.29 is 4.79 Å². The molecule has 17 heavy (non-hydrogen) atoms. The zero-order valence-electron chi connectivity index (χ0n) is 9.37. The molecule has 0 saturated heterocycles. The van der Waals surface area contributed by atoms with E-state index in [0.717, 1.165) is 5.69 Å². The number of aromatic nitrogens is 5. The lowest BCUT2D eigenvalue weighted by molar-refractivity contribution is -0.120. The van der Waals surface area contributed by atoms with Crippen LogP contribution in [0.2, 0.25) is 0 Å². The topological polar surface area (TPSA) is 85.6 Å². The summed E-state index contributed by atoms with van der Waals surface area (Å²) in [6.07, 6.45) is 1.85. The molecule has 0 radical (unpaired) electrons. The number of nitrogens with zero attached hydrogens (tertiary/aromatic N) is 5. The number of aryl methyl sites for hydroxylation is 1. The molecular formula is C10H12N6O. The fourth-order valence-electron chi connectivity index (χ4n) is 1.30. The third-order valence-corrected chi connectivity index (χ3v) is 2.22. The van der Waals surface area contributed by atoms with Crippen LogP contribution in [0.3, 0.4) is 0 Å². The Hall–Kier alpha value is -2.31. The molecule has 0 saturated carbocycles. The van der Waals surface area contributed by atoms with Gasteiger partial charge in [-0.25, -0.2) is 4.68 Å². The molecule has 0 atom stereocenters. The largest absolute Gasteiger partial charge is 0.350 e. The summed E-state index contributed by atoms with van der Waals surface area (Å²) in [5, 5.41) is 13.6. The molecule has 0 spiro atoms. The smallest absolute Gasteiger partial charge is 0.228 e. The standard InChI is InChI=1S/C10H12N6O/c1-16-9(13-14-15-16)6-10(17)12-7-8-4-2-3-5-11-8/h2-5H,6-7H2,1H3,(H,12,17). The van der Waals surface area contributed by atoms with Crippen molar-refractivity contribution in [3.63, 3.8) is 0 Å². The zero-order chi connectivity index (χ0) is 12.1. The van der Waals surface area contributed by atoms with Crippen LogP contribution in [-0.2, 0) is 24.8 Å². The molecule has 88 valence electrons. The molecular weight excluding hydrogens is 220 g/mol. The lowest BCUT2D eigenvalue weighted by atomic mass is 10.3. The van der Waals surface area contributed by atoms with Gasteiger partial charge in [0, 0.05) is 13.2 Å². The van der Waals surface area contributed by atoms with Crippen LogP contribution < -0.4 is 5.32 Å². The Balaban J connectivity index is 1.85. The van der Waals surface area contributed by atoms with Gasteiger partial charge in [0.2, 0.25) is 5.91 Å². The second-order valence-corrected chi connectivity index (χ2v) is 3.49. The summed E-state index contributed by atoms with van der Waals surface area (Å²) in [5.74, 6) is 0.400. The summed E-state index contributed by atoms with van der Waals surface area (Å²) >= 11 is 0. The van der Waals surface area contributed by atoms with Crippen LogP contribution in [0, 0.1) is 0 Å². The molecule has 0 aliphatic heterocycles. The van der Waals surface area contributed by atoms with E-state index in [1.807, 2.05) is 18.2 Å². The fraction of sp³-hybridized carbons (Fsp3) is 0.300. The van der Waals surface area contributed by atoms with Gasteiger partial charge < -0.3 is 5.32 Å². The van der Waals surface area contributed by atoms with Crippen molar-refractivity contribution in [1.82, 2.24) is 30.5 Å². The fourth-order valence-corrected chi connectivity index (χ4v) is 1.30. The van der Waals surface area contributed by atoms with E-state index in [9.17, 15) is 4.79 Å². The number of carbonyl (C=O) groups excluding carboxylic acids is 1. The zero-order valence-corrected chi connectivity index (χ0v) is 9.37. The summed E-state index contributed by atoms with van der Waals surface area (Å²) < 4.78 is 1.47. The first-order chi connectivity index (χ1) is 8.25. The molecule has 1 N–H and O–H groups in total. The van der Waals surface area contributed by atoms with Gasteiger partial charge in [0.15, 0.2) is 5.82 Å². The minimum atomic E-state index is -0.131. The van der Waals surface area contributed by atoms with Crippen molar-refractivity contribution in [2.75, 3.05) is 0 Å². The van der Waals surface area contributed by atoms with Gasteiger partial charge in [-0.1, -0.05) is 6.07 Å². The number of carbonyl (C=O) groups is 1. The third kappa shape index (κ3) is 3.07. The first kappa shape index (κ1) is 11.2. The van der Waals surface area contributed by atoms with Gasteiger partial charge in [0.05, 0.1) is 18.7 Å². The predicted molar refractivity (Wildman–Crippen MR) is 58.6 cm³/mol. The number of amides is 1. The average molecular weight is 232 g/mol. The highest BCUT2D eigenvalue weighted by molar-refractivity contribution is 5.77. The van der Waals surface area contributed by atoms with E-state index < -0.39 is 0 Å². The Kier molecular flexibility index (Phi) is 3.39. The van der Waals surface area contributed by atoms with Crippen molar-refractivity contribution in [3.8, 4) is 0 Å². The quantitative estimate of drug-likeness (QED) is 0.765. The van der Waals surface area contributed by atoms with Crippen LogP contribution in [-0.4, -0.2) is 31.1 Å². The number of hydrogen-bond acceptors (Lipinski definition) is 5. The first-order valence-corrected chi connectivity index (χ1v) is 5.13. The van der Waals surface area contributed by atoms with Crippen LogP contribution in [0.25, 0.3) is 0 Å². The Morgan fingerprint density at radius 3 is 3.00 bits per heavy atom. The third-order valence-electron chi connectivity index (χ3n) is 2.22. The maximum atomic E-state index is 11.6. The first-order valence-electron chi connectivity index (χ1n) is 5.13. The van der Waals surface area contributed by atoms with Gasteiger partial charge in [0.25, 0.3) is 0 Å². The van der Waals surface area contributed by atoms with Crippen LogP contribution in [0.15, 0.2) is 24.4 Å². The summed E-state index contributed by atoms with van der Waals surface area (Å²) in [4.78, 5) is 15.7. The Bertz CT molecular complexity index is 495. The second-order valence-electron chi connectivity index (χ2n) is 3.49. The summed E-state index contributed by atoms with van der Waals surface area (Å²) in [5.41, 5.74) is 0.817. The lowest BCUT2D eigenvalue weighted by Crippen LogP contribution is -2.26. The van der Waals surface area contributed by atoms with Crippen LogP contribution >= 0.6 is 0 Å². The number of pyridine rings is 1. The molecule has 7 heteroatoms.